The highest BCUT2D eigenvalue weighted by atomic mass is 17.2. The van der Waals surface area contributed by atoms with Gasteiger partial charge in [0.1, 0.15) is 0 Å². The van der Waals surface area contributed by atoms with Crippen molar-refractivity contribution in [1.82, 2.24) is 0 Å². The van der Waals surface area contributed by atoms with Crippen LogP contribution in [0.4, 0.5) is 22.7 Å². The number of hydrogen-bond acceptors (Lipinski definition) is 14. The second-order valence-electron chi connectivity index (χ2n) is 4.37. The average Bonchev–Trinajstić information content (AvgIpc) is 3.23. The number of furan rings is 2. The first-order valence-electron chi connectivity index (χ1n) is 6.30. The van der Waals surface area contributed by atoms with Crippen molar-refractivity contribution < 1.29 is 47.9 Å². The number of carbonyl (C=O) groups excluding carboxylic acids is 2. The number of nitro groups is 4. The number of hydrogen-bond donors (Lipinski definition) is 0. The standard InChI is InChI=1S/C10H2N4O14/c15-9(7-5(13(21)22)3(1-25-7)11(17)18)27-28-10(16)8-6(14(23)24)4(2-26-8)12(19)20/h1-2H. The Hall–Kier alpha value is -4.90. The van der Waals surface area contributed by atoms with Gasteiger partial charge in [0.15, 0.2) is 12.5 Å². The molecule has 2 heterocycles. The molecule has 2 aromatic heterocycles. The molecule has 0 saturated heterocycles. The van der Waals surface area contributed by atoms with Crippen molar-refractivity contribution in [2.75, 3.05) is 0 Å². The summed E-state index contributed by atoms with van der Waals surface area (Å²) in [6.45, 7) is 0. The lowest BCUT2D eigenvalue weighted by Gasteiger charge is -1.99. The summed E-state index contributed by atoms with van der Waals surface area (Å²) in [6, 6.07) is 0. The van der Waals surface area contributed by atoms with Crippen LogP contribution in [0.2, 0.25) is 0 Å². The topological polar surface area (TPSA) is 251 Å². The highest BCUT2D eigenvalue weighted by molar-refractivity contribution is 5.95. The van der Waals surface area contributed by atoms with Crippen molar-refractivity contribution in [3.63, 3.8) is 0 Å². The fourth-order valence-electron chi connectivity index (χ4n) is 1.74. The van der Waals surface area contributed by atoms with E-state index < -0.39 is 65.9 Å². The highest BCUT2D eigenvalue weighted by Crippen LogP contribution is 2.34. The minimum atomic E-state index is -1.89. The SMILES string of the molecule is O=C(OOC(=O)c1occ([N+](=O)[O-])c1[N+](=O)[O-])c1occ([N+](=O)[O-])c1[N+](=O)[O-]. The summed E-state index contributed by atoms with van der Waals surface area (Å²) in [5.41, 5.74) is -5.24. The zero-order valence-corrected chi connectivity index (χ0v) is 12.7. The van der Waals surface area contributed by atoms with E-state index in [1.54, 1.807) is 0 Å². The van der Waals surface area contributed by atoms with Gasteiger partial charge in [-0.25, -0.2) is 19.4 Å². The third-order valence-corrected chi connectivity index (χ3v) is 2.81. The van der Waals surface area contributed by atoms with Crippen LogP contribution in [-0.2, 0) is 9.78 Å². The number of rotatable bonds is 6. The Morgan fingerprint density at radius 3 is 1.25 bits per heavy atom. The molecule has 0 unspecified atom stereocenters. The Morgan fingerprint density at radius 1 is 0.679 bits per heavy atom. The maximum Gasteiger partial charge on any atom is 0.428 e. The molecule has 0 N–H and O–H groups in total. The van der Waals surface area contributed by atoms with Gasteiger partial charge < -0.3 is 8.83 Å². The Morgan fingerprint density at radius 2 is 1.00 bits per heavy atom. The van der Waals surface area contributed by atoms with E-state index in [2.05, 4.69) is 18.6 Å². The van der Waals surface area contributed by atoms with Crippen LogP contribution in [-0.4, -0.2) is 31.6 Å². The van der Waals surface area contributed by atoms with E-state index in [4.69, 9.17) is 0 Å². The first-order valence-corrected chi connectivity index (χ1v) is 6.30. The second kappa shape index (κ2) is 7.15. The fraction of sp³-hybridized carbons (Fsp3) is 0. The minimum Gasteiger partial charge on any atom is -0.444 e. The van der Waals surface area contributed by atoms with Crippen molar-refractivity contribution in [3.05, 3.63) is 64.5 Å². The monoisotopic (exact) mass is 402 g/mol. The maximum absolute atomic E-state index is 11.7. The molecule has 18 heteroatoms. The number of carbonyl (C=O) groups is 2. The summed E-state index contributed by atoms with van der Waals surface area (Å²) < 4.78 is 8.69. The Bertz CT molecular complexity index is 949. The zero-order chi connectivity index (χ0) is 21.2. The van der Waals surface area contributed by atoms with Crippen LogP contribution in [0.5, 0.6) is 0 Å². The van der Waals surface area contributed by atoms with Crippen molar-refractivity contribution in [2.45, 2.75) is 0 Å². The normalized spacial score (nSPS) is 10.1. The van der Waals surface area contributed by atoms with Gasteiger partial charge in [-0.3, -0.25) is 40.5 Å². The van der Waals surface area contributed by atoms with E-state index in [0.717, 1.165) is 0 Å². The smallest absolute Gasteiger partial charge is 0.428 e. The summed E-state index contributed by atoms with van der Waals surface area (Å²) in [5.74, 6) is -6.44. The van der Waals surface area contributed by atoms with Gasteiger partial charge in [-0.15, -0.1) is 0 Å². The summed E-state index contributed by atoms with van der Waals surface area (Å²) in [6.07, 6.45) is 0.495. The molecule has 0 bridgehead atoms. The second-order valence-corrected chi connectivity index (χ2v) is 4.37. The maximum atomic E-state index is 11.7. The lowest BCUT2D eigenvalue weighted by atomic mass is 10.3. The van der Waals surface area contributed by atoms with E-state index >= 15 is 0 Å². The summed E-state index contributed by atoms with van der Waals surface area (Å²) in [5, 5.41) is 42.9. The first-order chi connectivity index (χ1) is 13.1. The van der Waals surface area contributed by atoms with Crippen LogP contribution in [0.25, 0.3) is 0 Å². The molecule has 0 aliphatic heterocycles. The number of nitrogens with zero attached hydrogens (tertiary/aromatic N) is 4. The Kier molecular flexibility index (Phi) is 4.96. The van der Waals surface area contributed by atoms with Gasteiger partial charge in [0.05, 0.1) is 19.7 Å². The van der Waals surface area contributed by atoms with Crippen LogP contribution in [0.1, 0.15) is 21.1 Å². The largest absolute Gasteiger partial charge is 0.444 e. The highest BCUT2D eigenvalue weighted by Gasteiger charge is 2.41. The molecule has 0 aliphatic rings. The lowest BCUT2D eigenvalue weighted by Crippen LogP contribution is -2.13. The molecule has 18 nitrogen and oxygen atoms in total. The molecule has 0 atom stereocenters. The van der Waals surface area contributed by atoms with E-state index in [1.807, 2.05) is 0 Å². The predicted molar refractivity (Wildman–Crippen MR) is 74.9 cm³/mol. The van der Waals surface area contributed by atoms with Gasteiger partial charge in [-0.2, -0.15) is 0 Å². The van der Waals surface area contributed by atoms with Crippen LogP contribution >= 0.6 is 0 Å². The zero-order valence-electron chi connectivity index (χ0n) is 12.7. The molecule has 28 heavy (non-hydrogen) atoms. The molecule has 2 aromatic rings. The lowest BCUT2D eigenvalue weighted by molar-refractivity contribution is -0.422. The first kappa shape index (κ1) is 19.4. The van der Waals surface area contributed by atoms with E-state index in [1.165, 1.54) is 0 Å². The molecule has 0 radical (unpaired) electrons. The molecule has 146 valence electrons. The van der Waals surface area contributed by atoms with Crippen molar-refractivity contribution in [1.29, 1.82) is 0 Å². The molecule has 0 aliphatic carbocycles. The van der Waals surface area contributed by atoms with Crippen LogP contribution in [0.3, 0.4) is 0 Å². The molecule has 0 saturated carbocycles. The molecule has 0 fully saturated rings. The van der Waals surface area contributed by atoms with E-state index in [9.17, 15) is 50.0 Å². The summed E-state index contributed by atoms with van der Waals surface area (Å²) in [4.78, 5) is 68.9. The van der Waals surface area contributed by atoms with Gasteiger partial charge in [-0.05, 0) is 0 Å². The fourth-order valence-corrected chi connectivity index (χ4v) is 1.74. The molecule has 2 rings (SSSR count). The summed E-state index contributed by atoms with van der Waals surface area (Å²) >= 11 is 0. The van der Waals surface area contributed by atoms with Crippen molar-refractivity contribution in [3.8, 4) is 0 Å². The minimum absolute atomic E-state index is 0.247. The van der Waals surface area contributed by atoms with Crippen molar-refractivity contribution >= 4 is 34.7 Å². The van der Waals surface area contributed by atoms with Gasteiger partial charge in [0.25, 0.3) is 0 Å². The molecule has 0 amide bonds. The van der Waals surface area contributed by atoms with Crippen LogP contribution in [0, 0.1) is 40.5 Å². The van der Waals surface area contributed by atoms with E-state index in [0.29, 0.717) is 0 Å². The molecular weight excluding hydrogens is 400 g/mol. The van der Waals surface area contributed by atoms with Gasteiger partial charge in [-0.1, -0.05) is 0 Å². The van der Waals surface area contributed by atoms with Crippen molar-refractivity contribution in [2.24, 2.45) is 0 Å². The quantitative estimate of drug-likeness (QED) is 0.376. The summed E-state index contributed by atoms with van der Waals surface area (Å²) in [7, 11) is 0. The Balaban J connectivity index is 2.24. The molecular formula is C10H2N4O14. The third kappa shape index (κ3) is 3.40. The molecule has 0 aromatic carbocycles. The average molecular weight is 402 g/mol. The van der Waals surface area contributed by atoms with Crippen LogP contribution < -0.4 is 0 Å². The third-order valence-electron chi connectivity index (χ3n) is 2.81. The van der Waals surface area contributed by atoms with Gasteiger partial charge in [0.2, 0.25) is 0 Å². The predicted octanol–water partition coefficient (Wildman–Crippen LogP) is 1.43. The van der Waals surface area contributed by atoms with Crippen LogP contribution in [0.15, 0.2) is 21.4 Å². The van der Waals surface area contributed by atoms with Gasteiger partial charge >= 0.3 is 46.2 Å². The van der Waals surface area contributed by atoms with E-state index in [-0.39, 0.29) is 12.5 Å². The Labute approximate surface area is 148 Å². The molecule has 0 spiro atoms. The van der Waals surface area contributed by atoms with Gasteiger partial charge in [0, 0.05) is 0 Å².